The molecule has 0 amide bonds. The van der Waals surface area contributed by atoms with E-state index in [9.17, 15) is 18.5 Å². The minimum atomic E-state index is -3.93. The number of hydrogen-bond acceptors (Lipinski definition) is 6. The minimum absolute atomic E-state index is 0.0747. The van der Waals surface area contributed by atoms with Gasteiger partial charge in [0.2, 0.25) is 0 Å². The summed E-state index contributed by atoms with van der Waals surface area (Å²) in [7, 11) is -3.93. The zero-order valence-electron chi connectivity index (χ0n) is 12.8. The molecule has 0 aliphatic carbocycles. The summed E-state index contributed by atoms with van der Waals surface area (Å²) in [5.74, 6) is -0.0747. The Morgan fingerprint density at radius 2 is 1.76 bits per heavy atom. The van der Waals surface area contributed by atoms with Crippen molar-refractivity contribution in [3.05, 3.63) is 76.6 Å². The van der Waals surface area contributed by atoms with Crippen LogP contribution in [-0.4, -0.2) is 28.1 Å². The average Bonchev–Trinajstić information content (AvgIpc) is 3.02. The quantitative estimate of drug-likeness (QED) is 0.531. The number of nitro benzene ring substituents is 1. The largest absolute Gasteiger partial charge is 0.269 e. The number of rotatable bonds is 6. The number of aromatic nitrogens is 3. The number of nitrogens with one attached hydrogen (secondary N) is 1. The van der Waals surface area contributed by atoms with Crippen LogP contribution in [0.25, 0.3) is 0 Å². The van der Waals surface area contributed by atoms with Crippen LogP contribution in [0.2, 0.25) is 0 Å². The molecular formula is C15H13N5O4S. The molecule has 1 N–H and O–H groups in total. The first-order chi connectivity index (χ1) is 11.9. The first-order valence-electron chi connectivity index (χ1n) is 7.15. The molecule has 1 heterocycles. The Morgan fingerprint density at radius 3 is 2.40 bits per heavy atom. The maximum absolute atomic E-state index is 12.3. The third-order valence-electron chi connectivity index (χ3n) is 3.31. The molecule has 0 spiro atoms. The molecule has 0 saturated heterocycles. The molecule has 9 nitrogen and oxygen atoms in total. The highest BCUT2D eigenvalue weighted by Gasteiger charge is 2.18. The Labute approximate surface area is 143 Å². The number of non-ortho nitro benzene ring substituents is 1. The Morgan fingerprint density at radius 1 is 1.08 bits per heavy atom. The smallest absolute Gasteiger partial charge is 0.258 e. The highest BCUT2D eigenvalue weighted by Crippen LogP contribution is 2.17. The van der Waals surface area contributed by atoms with E-state index in [2.05, 4.69) is 14.8 Å². The number of anilines is 1. The molecule has 1 aromatic heterocycles. The van der Waals surface area contributed by atoms with Gasteiger partial charge in [-0.2, -0.15) is 4.98 Å². The lowest BCUT2D eigenvalue weighted by Gasteiger charge is -2.04. The van der Waals surface area contributed by atoms with Crippen LogP contribution < -0.4 is 4.72 Å². The van der Waals surface area contributed by atoms with Crippen molar-refractivity contribution >= 4 is 21.7 Å². The highest BCUT2D eigenvalue weighted by molar-refractivity contribution is 7.92. The van der Waals surface area contributed by atoms with Crippen LogP contribution in [0.5, 0.6) is 0 Å². The summed E-state index contributed by atoms with van der Waals surface area (Å²) in [6.45, 7) is 0.451. The number of nitrogens with zero attached hydrogens (tertiary/aromatic N) is 4. The number of sulfonamides is 1. The summed E-state index contributed by atoms with van der Waals surface area (Å²) in [4.78, 5) is 13.8. The van der Waals surface area contributed by atoms with E-state index in [1.54, 1.807) is 0 Å². The highest BCUT2D eigenvalue weighted by atomic mass is 32.2. The molecule has 25 heavy (non-hydrogen) atoms. The van der Waals surface area contributed by atoms with Gasteiger partial charge in [0, 0.05) is 12.1 Å². The van der Waals surface area contributed by atoms with Gasteiger partial charge < -0.3 is 0 Å². The van der Waals surface area contributed by atoms with Gasteiger partial charge in [0.25, 0.3) is 21.7 Å². The van der Waals surface area contributed by atoms with Crippen molar-refractivity contribution in [1.82, 2.24) is 14.8 Å². The fraction of sp³-hybridized carbons (Fsp3) is 0.0667. The SMILES string of the molecule is O=[N+]([O-])c1ccc(S(=O)(=O)Nc2ncn(Cc3ccccc3)n2)cc1. The Bertz CT molecular complexity index is 984. The fourth-order valence-corrected chi connectivity index (χ4v) is 3.06. The lowest BCUT2D eigenvalue weighted by atomic mass is 10.2. The van der Waals surface area contributed by atoms with Gasteiger partial charge in [-0.3, -0.25) is 10.1 Å². The van der Waals surface area contributed by atoms with E-state index in [1.165, 1.54) is 11.0 Å². The third-order valence-corrected chi connectivity index (χ3v) is 4.65. The van der Waals surface area contributed by atoms with Gasteiger partial charge in [0.1, 0.15) is 6.33 Å². The lowest BCUT2D eigenvalue weighted by Crippen LogP contribution is -2.14. The zero-order chi connectivity index (χ0) is 17.9. The Balaban J connectivity index is 1.74. The van der Waals surface area contributed by atoms with E-state index < -0.39 is 14.9 Å². The van der Waals surface area contributed by atoms with Gasteiger partial charge in [0.15, 0.2) is 0 Å². The number of hydrogen-bond donors (Lipinski definition) is 1. The lowest BCUT2D eigenvalue weighted by molar-refractivity contribution is -0.384. The molecule has 3 rings (SSSR count). The van der Waals surface area contributed by atoms with E-state index in [4.69, 9.17) is 0 Å². The molecule has 0 bridgehead atoms. The molecule has 10 heteroatoms. The van der Waals surface area contributed by atoms with Crippen LogP contribution in [0.3, 0.4) is 0 Å². The normalized spacial score (nSPS) is 11.2. The van der Waals surface area contributed by atoms with E-state index in [0.717, 1.165) is 29.8 Å². The predicted molar refractivity (Wildman–Crippen MR) is 89.5 cm³/mol. The Kier molecular flexibility index (Phi) is 4.44. The Hall–Kier alpha value is -3.27. The van der Waals surface area contributed by atoms with Crippen LogP contribution in [-0.2, 0) is 16.6 Å². The van der Waals surface area contributed by atoms with Crippen LogP contribution in [0, 0.1) is 10.1 Å². The molecule has 0 atom stereocenters. The topological polar surface area (TPSA) is 120 Å². The molecule has 0 aliphatic rings. The van der Waals surface area contributed by atoms with Crippen molar-refractivity contribution in [2.24, 2.45) is 0 Å². The van der Waals surface area contributed by atoms with Crippen LogP contribution in [0.4, 0.5) is 11.6 Å². The number of nitro groups is 1. The van der Waals surface area contributed by atoms with Crippen molar-refractivity contribution in [2.45, 2.75) is 11.4 Å². The monoisotopic (exact) mass is 359 g/mol. The summed E-state index contributed by atoms with van der Waals surface area (Å²) in [6, 6.07) is 14.1. The first-order valence-corrected chi connectivity index (χ1v) is 8.63. The first kappa shape index (κ1) is 16.6. The summed E-state index contributed by atoms with van der Waals surface area (Å²) in [5, 5.41) is 14.7. The second-order valence-corrected chi connectivity index (χ2v) is 6.79. The van der Waals surface area contributed by atoms with E-state index in [-0.39, 0.29) is 16.5 Å². The van der Waals surface area contributed by atoms with Gasteiger partial charge in [-0.15, -0.1) is 5.10 Å². The summed E-state index contributed by atoms with van der Waals surface area (Å²) >= 11 is 0. The maximum atomic E-state index is 12.3. The molecule has 0 aliphatic heterocycles. The summed E-state index contributed by atoms with van der Waals surface area (Å²) in [6.07, 6.45) is 1.42. The van der Waals surface area contributed by atoms with Crippen LogP contribution in [0.15, 0.2) is 65.8 Å². The standard InChI is InChI=1S/C15H13N5O4S/c21-20(22)13-6-8-14(9-7-13)25(23,24)18-15-16-11-19(17-15)10-12-4-2-1-3-5-12/h1-9,11H,10H2,(H,17,18). The van der Waals surface area contributed by atoms with Gasteiger partial charge in [-0.05, 0) is 17.7 Å². The van der Waals surface area contributed by atoms with Crippen LogP contribution >= 0.6 is 0 Å². The van der Waals surface area contributed by atoms with Crippen molar-refractivity contribution < 1.29 is 13.3 Å². The molecule has 128 valence electrons. The molecule has 0 unspecified atom stereocenters. The molecule has 3 aromatic rings. The predicted octanol–water partition coefficient (Wildman–Crippen LogP) is 2.04. The second-order valence-electron chi connectivity index (χ2n) is 5.11. The maximum Gasteiger partial charge on any atom is 0.269 e. The van der Waals surface area contributed by atoms with E-state index >= 15 is 0 Å². The van der Waals surface area contributed by atoms with Crippen molar-refractivity contribution in [3.63, 3.8) is 0 Å². The molecule has 0 radical (unpaired) electrons. The van der Waals surface area contributed by atoms with Gasteiger partial charge in [0.05, 0.1) is 16.4 Å². The molecular weight excluding hydrogens is 346 g/mol. The summed E-state index contributed by atoms with van der Waals surface area (Å²) in [5.41, 5.74) is 0.807. The zero-order valence-corrected chi connectivity index (χ0v) is 13.6. The van der Waals surface area contributed by atoms with Gasteiger partial charge in [-0.1, -0.05) is 30.3 Å². The average molecular weight is 359 g/mol. The van der Waals surface area contributed by atoms with Gasteiger partial charge >= 0.3 is 0 Å². The van der Waals surface area contributed by atoms with E-state index in [1.807, 2.05) is 30.3 Å². The fourth-order valence-electron chi connectivity index (χ4n) is 2.11. The molecule has 0 fully saturated rings. The summed E-state index contributed by atoms with van der Waals surface area (Å²) < 4.78 is 28.3. The van der Waals surface area contributed by atoms with Crippen molar-refractivity contribution in [3.8, 4) is 0 Å². The molecule has 0 saturated carbocycles. The second kappa shape index (κ2) is 6.69. The molecule has 2 aromatic carbocycles. The van der Waals surface area contributed by atoms with Crippen molar-refractivity contribution in [2.75, 3.05) is 4.72 Å². The van der Waals surface area contributed by atoms with Gasteiger partial charge in [-0.25, -0.2) is 17.8 Å². The van der Waals surface area contributed by atoms with Crippen LogP contribution in [0.1, 0.15) is 5.56 Å². The van der Waals surface area contributed by atoms with E-state index in [0.29, 0.717) is 6.54 Å². The minimum Gasteiger partial charge on any atom is -0.258 e. The van der Waals surface area contributed by atoms with Crippen molar-refractivity contribution in [1.29, 1.82) is 0 Å². The third kappa shape index (κ3) is 3.98. The number of benzene rings is 2.